The van der Waals surface area contributed by atoms with Crippen LogP contribution in [0.3, 0.4) is 0 Å². The molecular weight excluding hydrogens is 186 g/mol. The highest BCUT2D eigenvalue weighted by atomic mass is 16.5. The lowest BCUT2D eigenvalue weighted by Gasteiger charge is -2.13. The van der Waals surface area contributed by atoms with E-state index in [1.807, 2.05) is 24.3 Å². The van der Waals surface area contributed by atoms with Gasteiger partial charge in [0.05, 0.1) is 0 Å². The van der Waals surface area contributed by atoms with Crippen molar-refractivity contribution >= 4 is 0 Å². The first-order valence-electron chi connectivity index (χ1n) is 5.21. The normalized spacial score (nSPS) is 10.1. The fourth-order valence-corrected chi connectivity index (χ4v) is 1.25. The Morgan fingerprint density at radius 3 is 2.47 bits per heavy atom. The predicted octanol–water partition coefficient (Wildman–Crippen LogP) is 2.89. The molecule has 0 radical (unpaired) electrons. The summed E-state index contributed by atoms with van der Waals surface area (Å²) in [6.07, 6.45) is 0. The van der Waals surface area contributed by atoms with Crippen LogP contribution in [0.2, 0.25) is 0 Å². The predicted molar refractivity (Wildman–Crippen MR) is 64.1 cm³/mol. The van der Waals surface area contributed by atoms with Crippen molar-refractivity contribution < 1.29 is 4.74 Å². The zero-order chi connectivity index (χ0) is 11.3. The molecular formula is C13H19NO. The molecule has 2 heteroatoms. The molecule has 1 aromatic carbocycles. The Bertz CT molecular complexity index is 314. The van der Waals surface area contributed by atoms with Gasteiger partial charge in [-0.3, -0.25) is 0 Å². The standard InChI is InChI=1S/C13H19NO/c1-10(2)14-12(4)9-15-13-7-5-11(3)6-8-13/h5-8,10,14H,4,9H2,1-3H3. The molecule has 0 amide bonds. The molecule has 0 bridgehead atoms. The van der Waals surface area contributed by atoms with E-state index in [0.29, 0.717) is 12.6 Å². The molecule has 1 aromatic rings. The van der Waals surface area contributed by atoms with Crippen molar-refractivity contribution in [2.24, 2.45) is 0 Å². The van der Waals surface area contributed by atoms with Gasteiger partial charge in [0.15, 0.2) is 0 Å². The van der Waals surface area contributed by atoms with Gasteiger partial charge in [-0.25, -0.2) is 0 Å². The summed E-state index contributed by atoms with van der Waals surface area (Å²) >= 11 is 0. The zero-order valence-electron chi connectivity index (χ0n) is 9.71. The van der Waals surface area contributed by atoms with E-state index in [1.54, 1.807) is 0 Å². The van der Waals surface area contributed by atoms with Crippen molar-refractivity contribution in [3.63, 3.8) is 0 Å². The number of benzene rings is 1. The van der Waals surface area contributed by atoms with E-state index >= 15 is 0 Å². The molecule has 0 aliphatic carbocycles. The molecule has 0 aliphatic rings. The third-order valence-corrected chi connectivity index (χ3v) is 1.93. The topological polar surface area (TPSA) is 21.3 Å². The third kappa shape index (κ3) is 4.54. The summed E-state index contributed by atoms with van der Waals surface area (Å²) in [5, 5.41) is 3.20. The lowest BCUT2D eigenvalue weighted by Crippen LogP contribution is -2.24. The minimum Gasteiger partial charge on any atom is -0.487 e. The summed E-state index contributed by atoms with van der Waals surface area (Å²) in [4.78, 5) is 0. The molecule has 0 atom stereocenters. The van der Waals surface area contributed by atoms with Crippen molar-refractivity contribution in [2.75, 3.05) is 6.61 Å². The molecule has 0 heterocycles. The number of ether oxygens (including phenoxy) is 1. The van der Waals surface area contributed by atoms with Crippen molar-refractivity contribution in [1.29, 1.82) is 0 Å². The highest BCUT2D eigenvalue weighted by molar-refractivity contribution is 5.26. The third-order valence-electron chi connectivity index (χ3n) is 1.93. The van der Waals surface area contributed by atoms with E-state index in [4.69, 9.17) is 4.74 Å². The van der Waals surface area contributed by atoms with E-state index in [-0.39, 0.29) is 0 Å². The van der Waals surface area contributed by atoms with Crippen LogP contribution in [0.1, 0.15) is 19.4 Å². The molecule has 15 heavy (non-hydrogen) atoms. The van der Waals surface area contributed by atoms with Gasteiger partial charge in [0.1, 0.15) is 12.4 Å². The number of rotatable bonds is 5. The maximum Gasteiger partial charge on any atom is 0.127 e. The van der Waals surface area contributed by atoms with E-state index in [1.165, 1.54) is 5.56 Å². The van der Waals surface area contributed by atoms with Crippen LogP contribution in [0.4, 0.5) is 0 Å². The quantitative estimate of drug-likeness (QED) is 0.798. The smallest absolute Gasteiger partial charge is 0.127 e. The molecule has 0 aromatic heterocycles. The first-order valence-corrected chi connectivity index (χ1v) is 5.21. The van der Waals surface area contributed by atoms with Crippen LogP contribution in [-0.4, -0.2) is 12.6 Å². The largest absolute Gasteiger partial charge is 0.487 e. The van der Waals surface area contributed by atoms with E-state index in [2.05, 4.69) is 32.7 Å². The Balaban J connectivity index is 2.37. The Kier molecular flexibility index (Phi) is 4.22. The molecule has 0 saturated carbocycles. The molecule has 82 valence electrons. The van der Waals surface area contributed by atoms with Gasteiger partial charge in [0.25, 0.3) is 0 Å². The summed E-state index contributed by atoms with van der Waals surface area (Å²) in [5.41, 5.74) is 2.15. The van der Waals surface area contributed by atoms with Gasteiger partial charge in [0, 0.05) is 11.7 Å². The van der Waals surface area contributed by atoms with Gasteiger partial charge in [-0.05, 0) is 32.9 Å². The van der Waals surface area contributed by atoms with Crippen LogP contribution in [0.25, 0.3) is 0 Å². The van der Waals surface area contributed by atoms with Crippen molar-refractivity contribution in [3.8, 4) is 5.75 Å². The highest BCUT2D eigenvalue weighted by Crippen LogP contribution is 2.11. The molecule has 0 fully saturated rings. The Morgan fingerprint density at radius 2 is 1.93 bits per heavy atom. The van der Waals surface area contributed by atoms with Gasteiger partial charge in [0.2, 0.25) is 0 Å². The number of aryl methyl sites for hydroxylation is 1. The van der Waals surface area contributed by atoms with Gasteiger partial charge >= 0.3 is 0 Å². The fourth-order valence-electron chi connectivity index (χ4n) is 1.25. The Hall–Kier alpha value is -1.44. The highest BCUT2D eigenvalue weighted by Gasteiger charge is 1.98. The zero-order valence-corrected chi connectivity index (χ0v) is 9.71. The van der Waals surface area contributed by atoms with Crippen molar-refractivity contribution in [3.05, 3.63) is 42.1 Å². The first-order chi connectivity index (χ1) is 7.08. The maximum atomic E-state index is 5.56. The lowest BCUT2D eigenvalue weighted by atomic mass is 10.2. The second-order valence-corrected chi connectivity index (χ2v) is 4.00. The van der Waals surface area contributed by atoms with Crippen LogP contribution >= 0.6 is 0 Å². The summed E-state index contributed by atoms with van der Waals surface area (Å²) < 4.78 is 5.56. The fraction of sp³-hybridized carbons (Fsp3) is 0.385. The second kappa shape index (κ2) is 5.44. The minimum atomic E-state index is 0.402. The summed E-state index contributed by atoms with van der Waals surface area (Å²) in [5.74, 6) is 0.882. The average molecular weight is 205 g/mol. The number of hydrogen-bond donors (Lipinski definition) is 1. The molecule has 1 rings (SSSR count). The Labute approximate surface area is 92.0 Å². The van der Waals surface area contributed by atoms with Crippen molar-refractivity contribution in [1.82, 2.24) is 5.32 Å². The van der Waals surface area contributed by atoms with Gasteiger partial charge < -0.3 is 10.1 Å². The molecule has 0 unspecified atom stereocenters. The van der Waals surface area contributed by atoms with E-state index in [0.717, 1.165) is 11.4 Å². The SMILES string of the molecule is C=C(COc1ccc(C)cc1)NC(C)C. The number of nitrogens with one attached hydrogen (secondary N) is 1. The first kappa shape index (κ1) is 11.6. The van der Waals surface area contributed by atoms with Gasteiger partial charge in [-0.15, -0.1) is 0 Å². The van der Waals surface area contributed by atoms with Crippen LogP contribution < -0.4 is 10.1 Å². The van der Waals surface area contributed by atoms with Crippen LogP contribution in [-0.2, 0) is 0 Å². The van der Waals surface area contributed by atoms with Gasteiger partial charge in [-0.1, -0.05) is 24.3 Å². The average Bonchev–Trinajstić information content (AvgIpc) is 2.16. The summed E-state index contributed by atoms with van der Waals surface area (Å²) in [6.45, 7) is 10.6. The van der Waals surface area contributed by atoms with Crippen molar-refractivity contribution in [2.45, 2.75) is 26.8 Å². The maximum absolute atomic E-state index is 5.56. The van der Waals surface area contributed by atoms with Crippen LogP contribution in [0.5, 0.6) is 5.75 Å². The molecule has 1 N–H and O–H groups in total. The second-order valence-electron chi connectivity index (χ2n) is 4.00. The molecule has 0 spiro atoms. The summed E-state index contributed by atoms with van der Waals surface area (Å²) in [7, 11) is 0. The Morgan fingerprint density at radius 1 is 1.33 bits per heavy atom. The number of hydrogen-bond acceptors (Lipinski definition) is 2. The molecule has 2 nitrogen and oxygen atoms in total. The minimum absolute atomic E-state index is 0.402. The van der Waals surface area contributed by atoms with Crippen LogP contribution in [0, 0.1) is 6.92 Å². The molecule has 0 saturated heterocycles. The monoisotopic (exact) mass is 205 g/mol. The van der Waals surface area contributed by atoms with E-state index in [9.17, 15) is 0 Å². The van der Waals surface area contributed by atoms with E-state index < -0.39 is 0 Å². The summed E-state index contributed by atoms with van der Waals surface area (Å²) in [6, 6.07) is 8.41. The van der Waals surface area contributed by atoms with Gasteiger partial charge in [-0.2, -0.15) is 0 Å². The molecule has 0 aliphatic heterocycles. The lowest BCUT2D eigenvalue weighted by molar-refractivity contribution is 0.339. The van der Waals surface area contributed by atoms with Crippen LogP contribution in [0.15, 0.2) is 36.5 Å².